The first-order valence-corrected chi connectivity index (χ1v) is 7.58. The van der Waals surface area contributed by atoms with Gasteiger partial charge in [-0.3, -0.25) is 0 Å². The Morgan fingerprint density at radius 1 is 1.35 bits per heavy atom. The van der Waals surface area contributed by atoms with Crippen molar-refractivity contribution in [2.45, 2.75) is 39.4 Å². The average molecular weight is 300 g/mol. The Morgan fingerprint density at radius 3 is 2.95 bits per heavy atom. The van der Waals surface area contributed by atoms with Gasteiger partial charge in [0.1, 0.15) is 17.6 Å². The minimum atomic E-state index is 0.276. The molecule has 1 aliphatic rings. The van der Waals surface area contributed by atoms with Crippen LogP contribution in [0.3, 0.4) is 0 Å². The first kappa shape index (κ1) is 15.5. The molecule has 1 aliphatic heterocycles. The molecule has 0 N–H and O–H groups in total. The Labute approximate surface area is 125 Å². The molecule has 112 valence electrons. The quantitative estimate of drug-likeness (QED) is 0.756. The molecule has 0 radical (unpaired) electrons. The number of ether oxygens (including phenoxy) is 2. The van der Waals surface area contributed by atoms with Gasteiger partial charge >= 0.3 is 0 Å². The molecule has 0 bridgehead atoms. The Balaban J connectivity index is 2.08. The molecule has 1 aromatic heterocycles. The fraction of sp³-hybridized carbons (Fsp3) is 0.714. The number of hydrogen-bond donors (Lipinski definition) is 0. The first-order chi connectivity index (χ1) is 9.72. The number of piperidine rings is 1. The lowest BCUT2D eigenvalue weighted by Gasteiger charge is -2.33. The van der Waals surface area contributed by atoms with Gasteiger partial charge < -0.3 is 14.4 Å². The van der Waals surface area contributed by atoms with Crippen LogP contribution in [0.2, 0.25) is 5.15 Å². The number of anilines is 1. The standard InChI is InChI=1S/C14H22ClN3O2/c1-3-19-10-13-16-12(15)8-14(17-13)18-7-5-6-11(9-18)20-4-2/h8,11H,3-7,9-10H2,1-2H3. The second-order valence-electron chi connectivity index (χ2n) is 4.77. The van der Waals surface area contributed by atoms with E-state index in [1.165, 1.54) is 0 Å². The fourth-order valence-corrected chi connectivity index (χ4v) is 2.58. The van der Waals surface area contributed by atoms with E-state index in [0.29, 0.717) is 24.2 Å². The van der Waals surface area contributed by atoms with Crippen LogP contribution in [-0.2, 0) is 16.1 Å². The van der Waals surface area contributed by atoms with Crippen LogP contribution in [0.15, 0.2) is 6.07 Å². The topological polar surface area (TPSA) is 47.5 Å². The van der Waals surface area contributed by atoms with Crippen molar-refractivity contribution in [3.8, 4) is 0 Å². The van der Waals surface area contributed by atoms with E-state index in [9.17, 15) is 0 Å². The maximum atomic E-state index is 6.08. The largest absolute Gasteiger partial charge is 0.377 e. The zero-order valence-electron chi connectivity index (χ0n) is 12.1. The number of hydrogen-bond acceptors (Lipinski definition) is 5. The average Bonchev–Trinajstić information content (AvgIpc) is 2.45. The molecule has 6 heteroatoms. The van der Waals surface area contributed by atoms with E-state index < -0.39 is 0 Å². The highest BCUT2D eigenvalue weighted by Gasteiger charge is 2.21. The normalized spacial score (nSPS) is 19.4. The highest BCUT2D eigenvalue weighted by molar-refractivity contribution is 6.29. The second-order valence-corrected chi connectivity index (χ2v) is 5.16. The van der Waals surface area contributed by atoms with Crippen LogP contribution in [0.5, 0.6) is 0 Å². The van der Waals surface area contributed by atoms with Crippen LogP contribution in [0.4, 0.5) is 5.82 Å². The molecule has 1 saturated heterocycles. The number of aromatic nitrogens is 2. The predicted octanol–water partition coefficient (Wildman–Crippen LogP) is 2.67. The van der Waals surface area contributed by atoms with Crippen molar-refractivity contribution in [3.63, 3.8) is 0 Å². The summed E-state index contributed by atoms with van der Waals surface area (Å²) in [6.07, 6.45) is 2.49. The van der Waals surface area contributed by atoms with E-state index in [-0.39, 0.29) is 6.10 Å². The van der Waals surface area contributed by atoms with Crippen LogP contribution in [0.25, 0.3) is 0 Å². The van der Waals surface area contributed by atoms with Crippen molar-refractivity contribution in [2.75, 3.05) is 31.2 Å². The van der Waals surface area contributed by atoms with Gasteiger partial charge in [-0.1, -0.05) is 11.6 Å². The van der Waals surface area contributed by atoms with Gasteiger partial charge in [0.2, 0.25) is 0 Å². The van der Waals surface area contributed by atoms with Crippen molar-refractivity contribution in [1.29, 1.82) is 0 Å². The van der Waals surface area contributed by atoms with Crippen LogP contribution in [0, 0.1) is 0 Å². The zero-order valence-corrected chi connectivity index (χ0v) is 12.9. The summed E-state index contributed by atoms with van der Waals surface area (Å²) < 4.78 is 11.1. The maximum Gasteiger partial charge on any atom is 0.158 e. The highest BCUT2D eigenvalue weighted by atomic mass is 35.5. The maximum absolute atomic E-state index is 6.08. The summed E-state index contributed by atoms with van der Waals surface area (Å²) in [7, 11) is 0. The lowest BCUT2D eigenvalue weighted by molar-refractivity contribution is 0.0525. The SMILES string of the molecule is CCOCc1nc(Cl)cc(N2CCCC(OCC)C2)n1. The first-order valence-electron chi connectivity index (χ1n) is 7.20. The molecule has 0 spiro atoms. The van der Waals surface area contributed by atoms with E-state index in [2.05, 4.69) is 14.9 Å². The Hall–Kier alpha value is -0.910. The summed E-state index contributed by atoms with van der Waals surface area (Å²) in [6, 6.07) is 1.81. The number of nitrogens with zero attached hydrogens (tertiary/aromatic N) is 3. The monoisotopic (exact) mass is 299 g/mol. The predicted molar refractivity (Wildman–Crippen MR) is 79.2 cm³/mol. The Kier molecular flexibility index (Phi) is 6.01. The van der Waals surface area contributed by atoms with Gasteiger partial charge in [-0.25, -0.2) is 9.97 Å². The van der Waals surface area contributed by atoms with E-state index in [0.717, 1.165) is 38.4 Å². The van der Waals surface area contributed by atoms with Crippen molar-refractivity contribution < 1.29 is 9.47 Å². The smallest absolute Gasteiger partial charge is 0.158 e. The van der Waals surface area contributed by atoms with Crippen LogP contribution >= 0.6 is 11.6 Å². The molecule has 0 aliphatic carbocycles. The van der Waals surface area contributed by atoms with Gasteiger partial charge in [-0.05, 0) is 26.7 Å². The number of rotatable bonds is 6. The molecule has 0 amide bonds. The van der Waals surface area contributed by atoms with E-state index in [4.69, 9.17) is 21.1 Å². The third-order valence-corrected chi connectivity index (χ3v) is 3.46. The third kappa shape index (κ3) is 4.30. The number of halogens is 1. The Bertz CT molecular complexity index is 429. The van der Waals surface area contributed by atoms with Crippen molar-refractivity contribution >= 4 is 17.4 Å². The zero-order chi connectivity index (χ0) is 14.4. The molecule has 2 rings (SSSR count). The molecule has 20 heavy (non-hydrogen) atoms. The molecule has 2 heterocycles. The molecule has 1 aromatic rings. The van der Waals surface area contributed by atoms with Crippen molar-refractivity contribution in [3.05, 3.63) is 17.0 Å². The molecule has 1 atom stereocenters. The lowest BCUT2D eigenvalue weighted by Crippen LogP contribution is -2.40. The van der Waals surface area contributed by atoms with Gasteiger partial charge in [-0.2, -0.15) is 0 Å². The van der Waals surface area contributed by atoms with E-state index in [1.807, 2.05) is 19.9 Å². The van der Waals surface area contributed by atoms with Gasteiger partial charge in [0, 0.05) is 32.4 Å². The summed E-state index contributed by atoms with van der Waals surface area (Å²) in [4.78, 5) is 10.9. The Morgan fingerprint density at radius 2 is 2.20 bits per heavy atom. The van der Waals surface area contributed by atoms with Gasteiger partial charge in [0.15, 0.2) is 5.82 Å². The summed E-state index contributed by atoms with van der Waals surface area (Å²) in [5.74, 6) is 1.50. The fourth-order valence-electron chi connectivity index (χ4n) is 2.39. The molecule has 1 fully saturated rings. The van der Waals surface area contributed by atoms with Gasteiger partial charge in [0.25, 0.3) is 0 Å². The van der Waals surface area contributed by atoms with Crippen molar-refractivity contribution in [2.24, 2.45) is 0 Å². The van der Waals surface area contributed by atoms with Gasteiger partial charge in [-0.15, -0.1) is 0 Å². The van der Waals surface area contributed by atoms with Crippen LogP contribution in [0.1, 0.15) is 32.5 Å². The summed E-state index contributed by atoms with van der Waals surface area (Å²) in [6.45, 7) is 7.59. The minimum absolute atomic E-state index is 0.276. The molecule has 0 saturated carbocycles. The summed E-state index contributed by atoms with van der Waals surface area (Å²) in [5.41, 5.74) is 0. The third-order valence-electron chi connectivity index (χ3n) is 3.27. The van der Waals surface area contributed by atoms with Crippen molar-refractivity contribution in [1.82, 2.24) is 9.97 Å². The summed E-state index contributed by atoms with van der Waals surface area (Å²) in [5, 5.41) is 0.461. The minimum Gasteiger partial charge on any atom is -0.377 e. The van der Waals surface area contributed by atoms with Crippen LogP contribution in [-0.4, -0.2) is 42.4 Å². The molecular formula is C14H22ClN3O2. The van der Waals surface area contributed by atoms with Gasteiger partial charge in [0.05, 0.1) is 6.10 Å². The molecule has 0 aromatic carbocycles. The lowest BCUT2D eigenvalue weighted by atomic mass is 10.1. The van der Waals surface area contributed by atoms with E-state index >= 15 is 0 Å². The van der Waals surface area contributed by atoms with Crippen LogP contribution < -0.4 is 4.90 Å². The second kappa shape index (κ2) is 7.76. The summed E-state index contributed by atoms with van der Waals surface area (Å²) >= 11 is 6.08. The molecular weight excluding hydrogens is 278 g/mol. The molecule has 5 nitrogen and oxygen atoms in total. The molecule has 1 unspecified atom stereocenters. The van der Waals surface area contributed by atoms with E-state index in [1.54, 1.807) is 0 Å². The highest BCUT2D eigenvalue weighted by Crippen LogP contribution is 2.22.